The van der Waals surface area contributed by atoms with E-state index in [0.717, 1.165) is 5.69 Å². The molecule has 3 heterocycles. The van der Waals surface area contributed by atoms with E-state index in [-0.39, 0.29) is 24.5 Å². The number of carbonyl (C=O) groups excluding carboxylic acids is 1. The smallest absolute Gasteiger partial charge is 0.272 e. The number of amides is 1. The second kappa shape index (κ2) is 6.33. The van der Waals surface area contributed by atoms with Gasteiger partial charge in [0.15, 0.2) is 0 Å². The molecule has 8 nitrogen and oxygen atoms in total. The predicted molar refractivity (Wildman–Crippen MR) is 84.0 cm³/mol. The zero-order valence-electron chi connectivity index (χ0n) is 13.2. The van der Waals surface area contributed by atoms with Gasteiger partial charge in [-0.3, -0.25) is 9.48 Å². The Balaban J connectivity index is 1.70. The van der Waals surface area contributed by atoms with Crippen molar-refractivity contribution in [2.75, 3.05) is 24.6 Å². The van der Waals surface area contributed by atoms with Crippen molar-refractivity contribution in [2.24, 2.45) is 13.0 Å². The molecule has 2 aromatic rings. The van der Waals surface area contributed by atoms with Gasteiger partial charge in [-0.05, 0) is 19.1 Å². The topological polar surface area (TPSA) is 96.2 Å². The zero-order chi connectivity index (χ0) is 16.4. The van der Waals surface area contributed by atoms with Crippen LogP contribution >= 0.6 is 0 Å². The van der Waals surface area contributed by atoms with Crippen molar-refractivity contribution in [1.29, 1.82) is 0 Å². The Kier molecular flexibility index (Phi) is 4.24. The lowest BCUT2D eigenvalue weighted by atomic mass is 10.1. The Morgan fingerprint density at radius 2 is 2.13 bits per heavy atom. The first kappa shape index (κ1) is 15.4. The second-order valence-electron chi connectivity index (χ2n) is 5.77. The highest BCUT2D eigenvalue weighted by atomic mass is 16.3. The highest BCUT2D eigenvalue weighted by Crippen LogP contribution is 2.21. The third-order valence-corrected chi connectivity index (χ3v) is 4.17. The second-order valence-corrected chi connectivity index (χ2v) is 5.77. The average molecular weight is 316 g/mol. The van der Waals surface area contributed by atoms with Crippen LogP contribution in [0.5, 0.6) is 0 Å². The van der Waals surface area contributed by atoms with Crippen molar-refractivity contribution in [3.63, 3.8) is 0 Å². The van der Waals surface area contributed by atoms with Gasteiger partial charge in [0.05, 0.1) is 6.04 Å². The summed E-state index contributed by atoms with van der Waals surface area (Å²) in [7, 11) is 1.80. The van der Waals surface area contributed by atoms with Crippen molar-refractivity contribution in [3.8, 4) is 0 Å². The molecule has 0 aliphatic carbocycles. The monoisotopic (exact) mass is 316 g/mol. The van der Waals surface area contributed by atoms with Crippen LogP contribution in [0.4, 0.5) is 5.95 Å². The molecule has 1 amide bonds. The van der Waals surface area contributed by atoms with Gasteiger partial charge in [0.1, 0.15) is 5.69 Å². The van der Waals surface area contributed by atoms with Crippen LogP contribution in [0.1, 0.15) is 16.2 Å². The summed E-state index contributed by atoms with van der Waals surface area (Å²) in [5.74, 6) is 0.317. The van der Waals surface area contributed by atoms with Crippen LogP contribution in [0, 0.1) is 12.8 Å². The molecule has 0 radical (unpaired) electrons. The molecular formula is C15H20N6O2. The molecule has 1 aliphatic heterocycles. The van der Waals surface area contributed by atoms with Crippen molar-refractivity contribution in [1.82, 2.24) is 25.1 Å². The van der Waals surface area contributed by atoms with E-state index in [1.54, 1.807) is 36.3 Å². The molecule has 1 saturated heterocycles. The molecule has 2 aromatic heterocycles. The van der Waals surface area contributed by atoms with Gasteiger partial charge in [-0.15, -0.1) is 0 Å². The number of rotatable bonds is 4. The van der Waals surface area contributed by atoms with Gasteiger partial charge < -0.3 is 15.3 Å². The van der Waals surface area contributed by atoms with Gasteiger partial charge in [0.2, 0.25) is 5.95 Å². The number of aryl methyl sites for hydroxylation is 2. The normalized spacial score (nSPS) is 20.7. The van der Waals surface area contributed by atoms with Crippen LogP contribution in [0.15, 0.2) is 24.5 Å². The van der Waals surface area contributed by atoms with Crippen LogP contribution in [-0.2, 0) is 7.05 Å². The minimum absolute atomic E-state index is 0.00444. The summed E-state index contributed by atoms with van der Waals surface area (Å²) in [6, 6.07) is 3.33. The lowest BCUT2D eigenvalue weighted by Gasteiger charge is -2.17. The number of aliphatic hydroxyl groups is 1. The molecule has 0 saturated carbocycles. The van der Waals surface area contributed by atoms with E-state index >= 15 is 0 Å². The third-order valence-electron chi connectivity index (χ3n) is 4.17. The van der Waals surface area contributed by atoms with E-state index in [2.05, 4.69) is 20.4 Å². The molecular weight excluding hydrogens is 296 g/mol. The number of hydrogen-bond donors (Lipinski definition) is 2. The van der Waals surface area contributed by atoms with Crippen LogP contribution in [0.3, 0.4) is 0 Å². The Labute approximate surface area is 134 Å². The highest BCUT2D eigenvalue weighted by molar-refractivity contribution is 5.92. The van der Waals surface area contributed by atoms with Crippen molar-refractivity contribution < 1.29 is 9.90 Å². The largest absolute Gasteiger partial charge is 0.396 e. The number of aliphatic hydroxyl groups excluding tert-OH is 1. The highest BCUT2D eigenvalue weighted by Gasteiger charge is 2.35. The van der Waals surface area contributed by atoms with Gasteiger partial charge in [-0.25, -0.2) is 9.97 Å². The maximum atomic E-state index is 12.4. The SMILES string of the molecule is Cc1cc(C(=O)N[C@@H]2CN(c3ncccn3)C[C@H]2CO)nn1C. The zero-order valence-corrected chi connectivity index (χ0v) is 13.2. The number of aromatic nitrogens is 4. The van der Waals surface area contributed by atoms with E-state index < -0.39 is 0 Å². The molecule has 122 valence electrons. The van der Waals surface area contributed by atoms with Gasteiger partial charge in [0.25, 0.3) is 5.91 Å². The summed E-state index contributed by atoms with van der Waals surface area (Å²) < 4.78 is 1.66. The Bertz CT molecular complexity index is 667. The molecule has 8 heteroatoms. The Morgan fingerprint density at radius 3 is 2.74 bits per heavy atom. The summed E-state index contributed by atoms with van der Waals surface area (Å²) >= 11 is 0. The number of anilines is 1. The fourth-order valence-electron chi connectivity index (χ4n) is 2.75. The van der Waals surface area contributed by atoms with Crippen LogP contribution in [0.25, 0.3) is 0 Å². The lowest BCUT2D eigenvalue weighted by Crippen LogP contribution is -2.41. The average Bonchev–Trinajstić information content (AvgIpc) is 3.12. The van der Waals surface area contributed by atoms with Crippen LogP contribution in [-0.4, -0.2) is 56.5 Å². The first-order valence-corrected chi connectivity index (χ1v) is 7.53. The summed E-state index contributed by atoms with van der Waals surface area (Å²) in [6.07, 6.45) is 3.36. The Morgan fingerprint density at radius 1 is 1.39 bits per heavy atom. The molecule has 0 spiro atoms. The molecule has 3 rings (SSSR count). The minimum atomic E-state index is -0.229. The maximum Gasteiger partial charge on any atom is 0.272 e. The summed E-state index contributed by atoms with van der Waals surface area (Å²) in [5.41, 5.74) is 1.30. The number of nitrogens with one attached hydrogen (secondary N) is 1. The van der Waals surface area contributed by atoms with Crippen LogP contribution in [0.2, 0.25) is 0 Å². The first-order valence-electron chi connectivity index (χ1n) is 7.53. The molecule has 1 fully saturated rings. The summed E-state index contributed by atoms with van der Waals surface area (Å²) in [5, 5.41) is 16.7. The standard InChI is InChI=1S/C15H20N6O2/c1-10-6-12(19-20(10)2)14(23)18-13-8-21(7-11(13)9-22)15-16-4-3-5-17-15/h3-6,11,13,22H,7-9H2,1-2H3,(H,18,23)/t11-,13+/m0/s1. The summed E-state index contributed by atoms with van der Waals surface area (Å²) in [4.78, 5) is 22.8. The minimum Gasteiger partial charge on any atom is -0.396 e. The van der Waals surface area contributed by atoms with Gasteiger partial charge in [-0.2, -0.15) is 5.10 Å². The Hall–Kier alpha value is -2.48. The van der Waals surface area contributed by atoms with Crippen LogP contribution < -0.4 is 10.2 Å². The van der Waals surface area contributed by atoms with Crippen molar-refractivity contribution in [2.45, 2.75) is 13.0 Å². The van der Waals surface area contributed by atoms with E-state index in [1.165, 1.54) is 0 Å². The maximum absolute atomic E-state index is 12.4. The van der Waals surface area contributed by atoms with Gasteiger partial charge in [-0.1, -0.05) is 0 Å². The van der Waals surface area contributed by atoms with Crippen molar-refractivity contribution in [3.05, 3.63) is 35.9 Å². The molecule has 0 unspecified atom stereocenters. The quantitative estimate of drug-likeness (QED) is 0.807. The fourth-order valence-corrected chi connectivity index (χ4v) is 2.75. The van der Waals surface area contributed by atoms with E-state index in [4.69, 9.17) is 0 Å². The fraction of sp³-hybridized carbons (Fsp3) is 0.467. The molecule has 0 aromatic carbocycles. The molecule has 0 bridgehead atoms. The number of nitrogens with zero attached hydrogens (tertiary/aromatic N) is 5. The van der Waals surface area contributed by atoms with E-state index in [1.807, 2.05) is 11.8 Å². The lowest BCUT2D eigenvalue weighted by molar-refractivity contribution is 0.0916. The first-order chi connectivity index (χ1) is 11.1. The van der Waals surface area contributed by atoms with Gasteiger partial charge in [0, 0.05) is 50.7 Å². The molecule has 2 atom stereocenters. The van der Waals surface area contributed by atoms with E-state index in [9.17, 15) is 9.90 Å². The van der Waals surface area contributed by atoms with E-state index in [0.29, 0.717) is 24.7 Å². The molecule has 23 heavy (non-hydrogen) atoms. The third kappa shape index (κ3) is 3.16. The molecule has 2 N–H and O–H groups in total. The number of hydrogen-bond acceptors (Lipinski definition) is 6. The summed E-state index contributed by atoms with van der Waals surface area (Å²) in [6.45, 7) is 3.05. The number of carbonyl (C=O) groups is 1. The van der Waals surface area contributed by atoms with Gasteiger partial charge >= 0.3 is 0 Å². The van der Waals surface area contributed by atoms with Crippen molar-refractivity contribution >= 4 is 11.9 Å². The molecule has 1 aliphatic rings. The predicted octanol–water partition coefficient (Wildman–Crippen LogP) is -0.254.